The number of thiazole rings is 1. The smallest absolute Gasteiger partial charge is 0.242 e. The molecule has 3 aliphatic rings. The van der Waals surface area contributed by atoms with Crippen molar-refractivity contribution < 1.29 is 9.59 Å². The number of fused-ring (bicyclic) bond motifs is 1. The van der Waals surface area contributed by atoms with E-state index in [0.717, 1.165) is 67.4 Å². The summed E-state index contributed by atoms with van der Waals surface area (Å²) in [5.41, 5.74) is 4.24. The molecule has 1 aliphatic carbocycles. The summed E-state index contributed by atoms with van der Waals surface area (Å²) in [6.45, 7) is 3.32. The maximum atomic E-state index is 12.7. The molecular formula is C24H30N4O2S. The van der Waals surface area contributed by atoms with Gasteiger partial charge >= 0.3 is 0 Å². The van der Waals surface area contributed by atoms with Crippen LogP contribution in [0.15, 0.2) is 23.6 Å². The van der Waals surface area contributed by atoms with Crippen molar-refractivity contribution in [1.82, 2.24) is 9.88 Å². The Morgan fingerprint density at radius 3 is 2.71 bits per heavy atom. The fourth-order valence-electron chi connectivity index (χ4n) is 4.61. The summed E-state index contributed by atoms with van der Waals surface area (Å²) >= 11 is 1.51. The summed E-state index contributed by atoms with van der Waals surface area (Å²) in [6, 6.07) is 6.32. The Morgan fingerprint density at radius 1 is 1.13 bits per heavy atom. The molecule has 2 fully saturated rings. The maximum absolute atomic E-state index is 12.7. The number of carbonyl (C=O) groups excluding carboxylic acids is 2. The standard InChI is InChI=1S/C24H30N4O2S/c1-26(22(29)15-27-11-3-2-4-12-27)24-25-20(16-31-24)18-9-10-21-19(14-18)6-5-13-28(21)23(30)17-7-8-17/h9-10,14,16-17H,2-8,11-13,15H2,1H3. The minimum absolute atomic E-state index is 0.0995. The van der Waals surface area contributed by atoms with Gasteiger partial charge in [0.25, 0.3) is 0 Å². The van der Waals surface area contributed by atoms with Crippen molar-refractivity contribution in [3.05, 3.63) is 29.1 Å². The van der Waals surface area contributed by atoms with E-state index >= 15 is 0 Å². The molecule has 0 atom stereocenters. The van der Waals surface area contributed by atoms with E-state index in [-0.39, 0.29) is 11.8 Å². The molecule has 0 unspecified atom stereocenters. The van der Waals surface area contributed by atoms with Gasteiger partial charge in [-0.05, 0) is 69.3 Å². The summed E-state index contributed by atoms with van der Waals surface area (Å²) in [5.74, 6) is 0.630. The molecule has 6 nitrogen and oxygen atoms in total. The van der Waals surface area contributed by atoms with Crippen LogP contribution in [0.4, 0.5) is 10.8 Å². The normalized spacial score (nSPS) is 19.2. The van der Waals surface area contributed by atoms with Crippen LogP contribution < -0.4 is 9.80 Å². The van der Waals surface area contributed by atoms with Gasteiger partial charge in [0.05, 0.1) is 12.2 Å². The summed E-state index contributed by atoms with van der Waals surface area (Å²) in [5, 5.41) is 2.76. The molecule has 7 heteroatoms. The van der Waals surface area contributed by atoms with Crippen LogP contribution >= 0.6 is 11.3 Å². The average Bonchev–Trinajstić information content (AvgIpc) is 3.54. The number of nitrogens with zero attached hydrogens (tertiary/aromatic N) is 4. The van der Waals surface area contributed by atoms with Crippen LogP contribution in [0.5, 0.6) is 0 Å². The first-order chi connectivity index (χ1) is 15.1. The highest BCUT2D eigenvalue weighted by Gasteiger charge is 2.35. The molecule has 1 aromatic carbocycles. The van der Waals surface area contributed by atoms with Crippen molar-refractivity contribution in [3.63, 3.8) is 0 Å². The zero-order valence-corrected chi connectivity index (χ0v) is 19.0. The number of rotatable bonds is 5. The van der Waals surface area contributed by atoms with Crippen molar-refractivity contribution in [3.8, 4) is 11.3 Å². The third-order valence-corrected chi connectivity index (χ3v) is 7.56. The molecule has 0 spiro atoms. The van der Waals surface area contributed by atoms with Gasteiger partial charge in [-0.2, -0.15) is 0 Å². The first-order valence-electron chi connectivity index (χ1n) is 11.5. The topological polar surface area (TPSA) is 56.8 Å². The molecule has 5 rings (SSSR count). The highest BCUT2D eigenvalue weighted by Crippen LogP contribution is 2.37. The highest BCUT2D eigenvalue weighted by atomic mass is 32.1. The van der Waals surface area contributed by atoms with Crippen LogP contribution in [0.3, 0.4) is 0 Å². The van der Waals surface area contributed by atoms with Crippen LogP contribution in [-0.2, 0) is 16.0 Å². The lowest BCUT2D eigenvalue weighted by atomic mass is 9.98. The second kappa shape index (κ2) is 8.71. The molecule has 0 radical (unpaired) electrons. The maximum Gasteiger partial charge on any atom is 0.242 e. The van der Waals surface area contributed by atoms with Crippen LogP contribution in [0.2, 0.25) is 0 Å². The molecule has 2 amide bonds. The predicted octanol–water partition coefficient (Wildman–Crippen LogP) is 3.95. The zero-order valence-electron chi connectivity index (χ0n) is 18.2. The molecule has 0 bridgehead atoms. The highest BCUT2D eigenvalue weighted by molar-refractivity contribution is 7.14. The first kappa shape index (κ1) is 20.6. The Morgan fingerprint density at radius 2 is 1.94 bits per heavy atom. The van der Waals surface area contributed by atoms with Crippen LogP contribution in [-0.4, -0.2) is 54.9 Å². The minimum atomic E-state index is 0.0995. The lowest BCUT2D eigenvalue weighted by Gasteiger charge is -2.30. The minimum Gasteiger partial charge on any atom is -0.312 e. The number of anilines is 2. The Hall–Kier alpha value is -2.25. The fraction of sp³-hybridized carbons (Fsp3) is 0.542. The van der Waals surface area contributed by atoms with Crippen molar-refractivity contribution in [1.29, 1.82) is 0 Å². The molecule has 0 N–H and O–H groups in total. The van der Waals surface area contributed by atoms with Crippen molar-refractivity contribution in [2.45, 2.75) is 44.9 Å². The summed E-state index contributed by atoms with van der Waals surface area (Å²) < 4.78 is 0. The van der Waals surface area contributed by atoms with Gasteiger partial charge in [-0.3, -0.25) is 19.4 Å². The largest absolute Gasteiger partial charge is 0.312 e. The van der Waals surface area contributed by atoms with E-state index in [2.05, 4.69) is 23.1 Å². The molecule has 164 valence electrons. The quantitative estimate of drug-likeness (QED) is 0.709. The molecule has 1 saturated carbocycles. The molecule has 1 saturated heterocycles. The Kier molecular flexibility index (Phi) is 5.80. The van der Waals surface area contributed by atoms with E-state index in [1.165, 1.54) is 36.2 Å². The van der Waals surface area contributed by atoms with Crippen LogP contribution in [0.25, 0.3) is 11.3 Å². The molecule has 1 aromatic heterocycles. The van der Waals surface area contributed by atoms with Crippen LogP contribution in [0.1, 0.15) is 44.1 Å². The molecule has 2 aliphatic heterocycles. The lowest BCUT2D eigenvalue weighted by molar-refractivity contribution is -0.120. The monoisotopic (exact) mass is 438 g/mol. The second-order valence-corrected chi connectivity index (χ2v) is 9.85. The Bertz CT molecular complexity index is 978. The molecule has 31 heavy (non-hydrogen) atoms. The number of aryl methyl sites for hydroxylation is 1. The second-order valence-electron chi connectivity index (χ2n) is 9.02. The number of aromatic nitrogens is 1. The van der Waals surface area contributed by atoms with E-state index in [9.17, 15) is 9.59 Å². The van der Waals surface area contributed by atoms with Gasteiger partial charge in [0.1, 0.15) is 0 Å². The molecular weight excluding hydrogens is 408 g/mol. The number of hydrogen-bond donors (Lipinski definition) is 0. The Balaban J connectivity index is 1.30. The zero-order chi connectivity index (χ0) is 21.4. The van der Waals surface area contributed by atoms with Gasteiger partial charge < -0.3 is 4.90 Å². The number of benzene rings is 1. The van der Waals surface area contributed by atoms with Gasteiger partial charge in [0.2, 0.25) is 11.8 Å². The lowest BCUT2D eigenvalue weighted by Crippen LogP contribution is -2.40. The SMILES string of the molecule is CN(C(=O)CN1CCCCC1)c1nc(-c2ccc3c(c2)CCCN3C(=O)C2CC2)cs1. The van der Waals surface area contributed by atoms with E-state index in [0.29, 0.717) is 12.5 Å². The average molecular weight is 439 g/mol. The number of piperidine rings is 1. The van der Waals surface area contributed by atoms with Gasteiger partial charge in [0.15, 0.2) is 5.13 Å². The van der Waals surface area contributed by atoms with Gasteiger partial charge in [0, 0.05) is 36.1 Å². The van der Waals surface area contributed by atoms with Crippen LogP contribution in [0, 0.1) is 5.92 Å². The predicted molar refractivity (Wildman–Crippen MR) is 125 cm³/mol. The van der Waals surface area contributed by atoms with E-state index in [4.69, 9.17) is 4.98 Å². The fourth-order valence-corrected chi connectivity index (χ4v) is 5.43. The van der Waals surface area contributed by atoms with E-state index in [1.807, 2.05) is 17.3 Å². The number of likely N-dealkylation sites (tertiary alicyclic amines) is 1. The number of amides is 2. The van der Waals surface area contributed by atoms with Crippen molar-refractivity contribution in [2.75, 3.05) is 43.0 Å². The van der Waals surface area contributed by atoms with Gasteiger partial charge in [-0.1, -0.05) is 12.5 Å². The Labute approximate surface area is 187 Å². The third-order valence-electron chi connectivity index (χ3n) is 6.65. The van der Waals surface area contributed by atoms with Gasteiger partial charge in [-0.15, -0.1) is 11.3 Å². The summed E-state index contributed by atoms with van der Waals surface area (Å²) in [4.78, 5) is 36.0. The van der Waals surface area contributed by atoms with E-state index < -0.39 is 0 Å². The molecule has 2 aromatic rings. The molecule has 3 heterocycles. The first-order valence-corrected chi connectivity index (χ1v) is 12.4. The van der Waals surface area contributed by atoms with Crippen molar-refractivity contribution in [2.24, 2.45) is 5.92 Å². The summed E-state index contributed by atoms with van der Waals surface area (Å²) in [7, 11) is 1.82. The third kappa shape index (κ3) is 4.39. The number of likely N-dealkylation sites (N-methyl/N-ethyl adjacent to an activating group) is 1. The van der Waals surface area contributed by atoms with E-state index in [1.54, 1.807) is 4.90 Å². The van der Waals surface area contributed by atoms with Gasteiger partial charge in [-0.25, -0.2) is 4.98 Å². The van der Waals surface area contributed by atoms with Crippen molar-refractivity contribution >= 4 is 34.0 Å². The summed E-state index contributed by atoms with van der Waals surface area (Å²) in [6.07, 6.45) is 7.70. The number of carbonyl (C=O) groups is 2. The number of hydrogen-bond acceptors (Lipinski definition) is 5.